The number of hydrogen-bond donors (Lipinski definition) is 0. The van der Waals surface area contributed by atoms with Gasteiger partial charge in [-0.3, -0.25) is 4.98 Å². The molecule has 6 heteroatoms. The Morgan fingerprint density at radius 3 is 1.81 bits per heavy atom. The van der Waals surface area contributed by atoms with E-state index in [1.54, 1.807) is 11.3 Å². The van der Waals surface area contributed by atoms with Crippen molar-refractivity contribution in [2.24, 2.45) is 0 Å². The summed E-state index contributed by atoms with van der Waals surface area (Å²) in [5.41, 5.74) is 7.71. The van der Waals surface area contributed by atoms with E-state index >= 15 is 0 Å². The van der Waals surface area contributed by atoms with E-state index in [1.807, 2.05) is 66.9 Å². The van der Waals surface area contributed by atoms with Gasteiger partial charge in [-0.15, -0.1) is 11.3 Å². The average Bonchev–Trinajstić information content (AvgIpc) is 3.53. The van der Waals surface area contributed by atoms with Crippen molar-refractivity contribution in [3.8, 4) is 56.7 Å². The predicted octanol–water partition coefficient (Wildman–Crippen LogP) is 10.5. The highest BCUT2D eigenvalue weighted by Gasteiger charge is 2.15. The summed E-state index contributed by atoms with van der Waals surface area (Å²) in [6, 6.07) is 49.7. The lowest BCUT2D eigenvalue weighted by Gasteiger charge is -2.11. The predicted molar refractivity (Wildman–Crippen MR) is 193 cm³/mol. The molecule has 5 nitrogen and oxygen atoms in total. The molecule has 4 heterocycles. The van der Waals surface area contributed by atoms with E-state index in [1.165, 1.54) is 14.8 Å². The van der Waals surface area contributed by atoms with Crippen LogP contribution in [0.5, 0.6) is 0 Å². The van der Waals surface area contributed by atoms with Crippen LogP contribution in [0.4, 0.5) is 0 Å². The number of aromatic nitrogens is 5. The molecule has 9 rings (SSSR count). The SMILES string of the molecule is c1ccc(-c2nc(-c3ccccc3)nc(-c3cccc(-c4cccc5cnc(-c6ccc7sc8ccccc8c7n6)cc45)c3)n2)cc1. The van der Waals surface area contributed by atoms with Crippen LogP contribution in [-0.2, 0) is 0 Å². The zero-order chi connectivity index (χ0) is 31.2. The molecular weight excluding hydrogens is 595 g/mol. The largest absolute Gasteiger partial charge is 0.254 e. The maximum Gasteiger partial charge on any atom is 0.164 e. The molecule has 5 aromatic carbocycles. The molecule has 0 atom stereocenters. The zero-order valence-corrected chi connectivity index (χ0v) is 25.9. The van der Waals surface area contributed by atoms with Gasteiger partial charge in [-0.05, 0) is 46.8 Å². The van der Waals surface area contributed by atoms with Gasteiger partial charge in [-0.2, -0.15) is 0 Å². The second-order valence-corrected chi connectivity index (χ2v) is 12.4. The van der Waals surface area contributed by atoms with E-state index in [4.69, 9.17) is 24.9 Å². The molecule has 9 aromatic rings. The van der Waals surface area contributed by atoms with E-state index < -0.39 is 0 Å². The van der Waals surface area contributed by atoms with Gasteiger partial charge in [0.2, 0.25) is 0 Å². The van der Waals surface area contributed by atoms with E-state index in [-0.39, 0.29) is 0 Å². The van der Waals surface area contributed by atoms with Crippen LogP contribution >= 0.6 is 11.3 Å². The number of pyridine rings is 2. The first-order valence-corrected chi connectivity index (χ1v) is 16.2. The van der Waals surface area contributed by atoms with Crippen molar-refractivity contribution in [2.75, 3.05) is 0 Å². The van der Waals surface area contributed by atoms with Crippen LogP contribution in [0.2, 0.25) is 0 Å². The smallest absolute Gasteiger partial charge is 0.164 e. The minimum Gasteiger partial charge on any atom is -0.254 e. The molecule has 0 radical (unpaired) electrons. The summed E-state index contributed by atoms with van der Waals surface area (Å²) in [6.45, 7) is 0. The van der Waals surface area contributed by atoms with Gasteiger partial charge < -0.3 is 0 Å². The zero-order valence-electron chi connectivity index (χ0n) is 25.1. The lowest BCUT2D eigenvalue weighted by atomic mass is 9.97. The summed E-state index contributed by atoms with van der Waals surface area (Å²) in [6.07, 6.45) is 1.94. The third-order valence-electron chi connectivity index (χ3n) is 8.38. The molecule has 0 fully saturated rings. The highest BCUT2D eigenvalue weighted by Crippen LogP contribution is 2.36. The summed E-state index contributed by atoms with van der Waals surface area (Å²) in [4.78, 5) is 24.7. The fourth-order valence-electron chi connectivity index (χ4n) is 6.06. The van der Waals surface area contributed by atoms with Crippen LogP contribution in [0, 0.1) is 0 Å². The summed E-state index contributed by atoms with van der Waals surface area (Å²) >= 11 is 1.77. The van der Waals surface area contributed by atoms with Crippen molar-refractivity contribution in [3.63, 3.8) is 0 Å². The molecule has 0 spiro atoms. The number of hydrogen-bond acceptors (Lipinski definition) is 6. The molecule has 0 aliphatic rings. The Kier molecular flexibility index (Phi) is 6.58. The molecule has 0 amide bonds. The number of rotatable bonds is 5. The summed E-state index contributed by atoms with van der Waals surface area (Å²) < 4.78 is 2.42. The van der Waals surface area contributed by atoms with E-state index in [2.05, 4.69) is 84.9 Å². The Labute approximate surface area is 275 Å². The molecule has 0 saturated heterocycles. The number of nitrogens with zero attached hydrogens (tertiary/aromatic N) is 5. The van der Waals surface area contributed by atoms with E-state index in [0.29, 0.717) is 17.5 Å². The van der Waals surface area contributed by atoms with Gasteiger partial charge in [-0.1, -0.05) is 115 Å². The minimum absolute atomic E-state index is 0.627. The third kappa shape index (κ3) is 5.01. The van der Waals surface area contributed by atoms with Gasteiger partial charge in [0.15, 0.2) is 17.5 Å². The van der Waals surface area contributed by atoms with Crippen LogP contribution in [-0.4, -0.2) is 24.9 Å². The molecule has 0 bridgehead atoms. The van der Waals surface area contributed by atoms with Gasteiger partial charge in [0.1, 0.15) is 0 Å². The topological polar surface area (TPSA) is 64.5 Å². The molecule has 0 N–H and O–H groups in total. The lowest BCUT2D eigenvalue weighted by molar-refractivity contribution is 1.07. The van der Waals surface area contributed by atoms with Gasteiger partial charge >= 0.3 is 0 Å². The summed E-state index contributed by atoms with van der Waals surface area (Å²) in [5.74, 6) is 1.91. The third-order valence-corrected chi connectivity index (χ3v) is 9.50. The maximum atomic E-state index is 5.09. The summed E-state index contributed by atoms with van der Waals surface area (Å²) in [7, 11) is 0. The fourth-order valence-corrected chi connectivity index (χ4v) is 7.11. The Morgan fingerprint density at radius 1 is 0.404 bits per heavy atom. The van der Waals surface area contributed by atoms with Gasteiger partial charge in [0.25, 0.3) is 0 Å². The van der Waals surface area contributed by atoms with Gasteiger partial charge in [0, 0.05) is 38.4 Å². The van der Waals surface area contributed by atoms with Crippen LogP contribution in [0.1, 0.15) is 0 Å². The molecule has 0 aliphatic heterocycles. The fraction of sp³-hybridized carbons (Fsp3) is 0. The van der Waals surface area contributed by atoms with Crippen molar-refractivity contribution >= 4 is 42.4 Å². The standard InChI is InChI=1S/C41H25N5S/c1-3-11-26(12-4-1)39-44-40(27-13-5-2-6-14-27)46-41(45-39)29-16-9-15-28(23-29)31-19-10-17-30-25-42-35(24-33(30)31)34-21-22-37-38(43-34)32-18-7-8-20-36(32)47-37/h1-25H. The number of benzene rings is 5. The average molecular weight is 620 g/mol. The van der Waals surface area contributed by atoms with Crippen molar-refractivity contribution in [1.82, 2.24) is 24.9 Å². The molecular formula is C41H25N5S. The van der Waals surface area contributed by atoms with Gasteiger partial charge in [0.05, 0.1) is 21.6 Å². The molecule has 4 aromatic heterocycles. The Hall–Kier alpha value is -6.11. The number of thiophene rings is 1. The first kappa shape index (κ1) is 27.2. The number of fused-ring (bicyclic) bond motifs is 4. The molecule has 0 saturated carbocycles. The Bertz CT molecular complexity index is 2520. The van der Waals surface area contributed by atoms with E-state index in [9.17, 15) is 0 Å². The second-order valence-electron chi connectivity index (χ2n) is 11.4. The van der Waals surface area contributed by atoms with Crippen LogP contribution < -0.4 is 0 Å². The first-order valence-electron chi connectivity index (χ1n) is 15.4. The van der Waals surface area contributed by atoms with Crippen molar-refractivity contribution in [2.45, 2.75) is 0 Å². The first-order chi connectivity index (χ1) is 23.3. The highest BCUT2D eigenvalue weighted by molar-refractivity contribution is 7.25. The molecule has 220 valence electrons. The summed E-state index contributed by atoms with van der Waals surface area (Å²) in [5, 5.41) is 3.35. The lowest BCUT2D eigenvalue weighted by Crippen LogP contribution is -2.00. The normalized spacial score (nSPS) is 11.4. The van der Waals surface area contributed by atoms with Crippen molar-refractivity contribution < 1.29 is 0 Å². The quantitative estimate of drug-likeness (QED) is 0.192. The Balaban J connectivity index is 1.16. The minimum atomic E-state index is 0.627. The maximum absolute atomic E-state index is 5.09. The molecule has 0 unspecified atom stereocenters. The second kappa shape index (κ2) is 11.4. The van der Waals surface area contributed by atoms with Crippen LogP contribution in [0.15, 0.2) is 152 Å². The molecule has 0 aliphatic carbocycles. The van der Waals surface area contributed by atoms with Gasteiger partial charge in [-0.25, -0.2) is 19.9 Å². The monoisotopic (exact) mass is 619 g/mol. The molecule has 47 heavy (non-hydrogen) atoms. The highest BCUT2D eigenvalue weighted by atomic mass is 32.1. The Morgan fingerprint density at radius 2 is 1.04 bits per heavy atom. The van der Waals surface area contributed by atoms with Crippen molar-refractivity contribution in [1.29, 1.82) is 0 Å². The van der Waals surface area contributed by atoms with E-state index in [0.717, 1.165) is 55.5 Å². The van der Waals surface area contributed by atoms with Crippen molar-refractivity contribution in [3.05, 3.63) is 152 Å². The van der Waals surface area contributed by atoms with Crippen LogP contribution in [0.25, 0.3) is 87.8 Å². The van der Waals surface area contributed by atoms with Crippen LogP contribution in [0.3, 0.4) is 0 Å².